The second-order valence-electron chi connectivity index (χ2n) is 11.9. The first-order valence-electron chi connectivity index (χ1n) is 14.9. The fourth-order valence-corrected chi connectivity index (χ4v) is 8.81. The van der Waals surface area contributed by atoms with E-state index in [-0.39, 0.29) is 6.04 Å². The number of nitrogens with zero attached hydrogens (tertiary/aromatic N) is 2. The van der Waals surface area contributed by atoms with E-state index in [9.17, 15) is 0 Å². The number of furan rings is 1. The summed E-state index contributed by atoms with van der Waals surface area (Å²) in [6.07, 6.45) is 15.0. The number of fused-ring (bicyclic) bond motifs is 14. The normalized spacial score (nSPS) is 17.4. The third kappa shape index (κ3) is 2.83. The number of aromatic nitrogens is 1. The zero-order valence-electron chi connectivity index (χ0n) is 23.0. The average Bonchev–Trinajstić information content (AvgIpc) is 3.79. The van der Waals surface area contributed by atoms with Crippen molar-refractivity contribution in [2.24, 2.45) is 4.99 Å². The van der Waals surface area contributed by atoms with Gasteiger partial charge in [0.25, 0.3) is 0 Å². The molecule has 5 heteroatoms. The van der Waals surface area contributed by atoms with Crippen LogP contribution in [0.1, 0.15) is 17.7 Å². The van der Waals surface area contributed by atoms with Crippen LogP contribution in [-0.2, 0) is 6.42 Å². The van der Waals surface area contributed by atoms with Gasteiger partial charge in [0, 0.05) is 53.7 Å². The predicted molar refractivity (Wildman–Crippen MR) is 182 cm³/mol. The quantitative estimate of drug-likeness (QED) is 0.214. The van der Waals surface area contributed by atoms with E-state index < -0.39 is 0 Å². The highest BCUT2D eigenvalue weighted by Gasteiger charge is 2.30. The minimum absolute atomic E-state index is 0.0880. The maximum atomic E-state index is 6.21. The van der Waals surface area contributed by atoms with E-state index in [4.69, 9.17) is 9.41 Å². The number of aliphatic imine (C=N–C) groups is 1. The van der Waals surface area contributed by atoms with Gasteiger partial charge in [-0.3, -0.25) is 4.40 Å². The minimum atomic E-state index is 0.0880. The lowest BCUT2D eigenvalue weighted by Crippen LogP contribution is -2.29. The number of thiophene rings is 1. The first-order valence-corrected chi connectivity index (χ1v) is 15.7. The van der Waals surface area contributed by atoms with Gasteiger partial charge in [0.1, 0.15) is 11.3 Å². The Morgan fingerprint density at radius 1 is 0.837 bits per heavy atom. The van der Waals surface area contributed by atoms with E-state index in [1.54, 1.807) is 0 Å². The molecule has 0 spiro atoms. The number of benzene rings is 4. The lowest BCUT2D eigenvalue weighted by atomic mass is 9.97. The second kappa shape index (κ2) is 7.82. The molecule has 0 amide bonds. The van der Waals surface area contributed by atoms with Gasteiger partial charge in [-0.05, 0) is 54.0 Å². The molecule has 5 heterocycles. The second-order valence-corrected chi connectivity index (χ2v) is 13.0. The molecule has 4 aromatic heterocycles. The summed E-state index contributed by atoms with van der Waals surface area (Å²) in [6.45, 7) is 0. The molecule has 0 saturated carbocycles. The minimum Gasteiger partial charge on any atom is -0.460 e. The summed E-state index contributed by atoms with van der Waals surface area (Å²) >= 11 is 1.88. The maximum absolute atomic E-state index is 6.21. The Labute approximate surface area is 249 Å². The van der Waals surface area contributed by atoms with Crippen molar-refractivity contribution in [1.82, 2.24) is 4.40 Å². The summed E-state index contributed by atoms with van der Waals surface area (Å²) in [5.41, 5.74) is 9.21. The lowest BCUT2D eigenvalue weighted by molar-refractivity contribution is 0.546. The van der Waals surface area contributed by atoms with Crippen LogP contribution in [0.15, 0.2) is 107 Å². The zero-order chi connectivity index (χ0) is 27.8. The summed E-state index contributed by atoms with van der Waals surface area (Å²) < 4.78 is 11.3. The Morgan fingerprint density at radius 3 is 2.77 bits per heavy atom. The van der Waals surface area contributed by atoms with Gasteiger partial charge in [0.05, 0.1) is 28.5 Å². The van der Waals surface area contributed by atoms with Crippen LogP contribution in [0.4, 0.5) is 11.5 Å². The van der Waals surface area contributed by atoms with E-state index in [0.717, 1.165) is 41.4 Å². The number of aryl methyl sites for hydroxylation is 1. The Kier molecular flexibility index (Phi) is 4.09. The SMILES string of the molecule is C1=CC2=Nc3c(c4cc5sc6ccccc6c5c5c6ccc(-c7ccc8oc9c(c8c7)C=CCC9)cc6n3c45)NC2C=C1. The number of rotatable bonds is 1. The smallest absolute Gasteiger partial charge is 0.162 e. The van der Waals surface area contributed by atoms with Gasteiger partial charge < -0.3 is 9.73 Å². The molecule has 0 radical (unpaired) electrons. The summed E-state index contributed by atoms with van der Waals surface area (Å²) in [5, 5.41) is 11.5. The van der Waals surface area contributed by atoms with E-state index >= 15 is 0 Å². The van der Waals surface area contributed by atoms with Crippen LogP contribution >= 0.6 is 11.3 Å². The maximum Gasteiger partial charge on any atom is 0.162 e. The van der Waals surface area contributed by atoms with E-state index in [1.807, 2.05) is 11.3 Å². The van der Waals surface area contributed by atoms with Gasteiger partial charge in [0.15, 0.2) is 5.82 Å². The molecule has 1 atom stereocenters. The molecule has 4 aromatic carbocycles. The third-order valence-corrected chi connectivity index (χ3v) is 10.7. The molecule has 1 unspecified atom stereocenters. The Bertz CT molecular complexity index is 2660. The number of allylic oxidation sites excluding steroid dienone is 3. The van der Waals surface area contributed by atoms with Gasteiger partial charge in [-0.1, -0.05) is 66.8 Å². The van der Waals surface area contributed by atoms with E-state index in [1.165, 1.54) is 69.4 Å². The fraction of sp³-hybridized carbons (Fsp3) is 0.0789. The van der Waals surface area contributed by atoms with Crippen molar-refractivity contribution >= 4 is 93.0 Å². The average molecular weight is 570 g/mol. The van der Waals surface area contributed by atoms with Crippen LogP contribution in [0.2, 0.25) is 0 Å². The Balaban J connectivity index is 1.26. The highest BCUT2D eigenvalue weighted by atomic mass is 32.1. The molecule has 43 heavy (non-hydrogen) atoms. The standard InChI is InChI=1S/C38H23N3OS/c1-5-11-30-22(7-1)25-17-20(14-16-31(25)42-30)21-13-15-23-29(18-21)41-37-26(36-38(41)40-28-10-4-3-9-27(28)39-36)19-33-34(35(23)37)24-8-2-6-12-32(24)43-33/h1-4,6-10,12-19,27,39H,5,11H2. The van der Waals surface area contributed by atoms with Crippen LogP contribution in [0.25, 0.3) is 75.5 Å². The molecule has 1 N–H and O–H groups in total. The molecule has 0 saturated heterocycles. The fourth-order valence-electron chi connectivity index (χ4n) is 7.66. The molecule has 0 bridgehead atoms. The molecule has 1 aliphatic heterocycles. The van der Waals surface area contributed by atoms with Crippen molar-refractivity contribution in [1.29, 1.82) is 0 Å². The first-order chi connectivity index (χ1) is 21.3. The van der Waals surface area contributed by atoms with Crippen LogP contribution in [0, 0.1) is 0 Å². The van der Waals surface area contributed by atoms with E-state index in [2.05, 4.69) is 113 Å². The van der Waals surface area contributed by atoms with Crippen molar-refractivity contribution in [3.8, 4) is 11.1 Å². The largest absolute Gasteiger partial charge is 0.460 e. The van der Waals surface area contributed by atoms with Crippen LogP contribution in [0.5, 0.6) is 0 Å². The number of hydrogen-bond acceptors (Lipinski definition) is 4. The highest BCUT2D eigenvalue weighted by molar-refractivity contribution is 7.26. The highest BCUT2D eigenvalue weighted by Crippen LogP contribution is 2.52. The van der Waals surface area contributed by atoms with Gasteiger partial charge in [0.2, 0.25) is 0 Å². The monoisotopic (exact) mass is 569 g/mol. The molecule has 3 aliphatic rings. The first kappa shape index (κ1) is 22.5. The summed E-state index contributed by atoms with van der Waals surface area (Å²) in [7, 11) is 0. The summed E-state index contributed by atoms with van der Waals surface area (Å²) in [5.74, 6) is 2.09. The summed E-state index contributed by atoms with van der Waals surface area (Å²) in [6, 6.07) is 24.9. The third-order valence-electron chi connectivity index (χ3n) is 9.57. The number of hydrogen-bond donors (Lipinski definition) is 1. The molecular formula is C38H23N3OS. The number of anilines is 1. The van der Waals surface area contributed by atoms with Crippen LogP contribution in [0.3, 0.4) is 0 Å². The molecule has 0 fully saturated rings. The van der Waals surface area contributed by atoms with Gasteiger partial charge >= 0.3 is 0 Å². The van der Waals surface area contributed by atoms with Crippen LogP contribution < -0.4 is 5.32 Å². The van der Waals surface area contributed by atoms with Crippen LogP contribution in [-0.4, -0.2) is 16.2 Å². The van der Waals surface area contributed by atoms with Gasteiger partial charge in [-0.15, -0.1) is 11.3 Å². The van der Waals surface area contributed by atoms with Crippen molar-refractivity contribution < 1.29 is 4.42 Å². The van der Waals surface area contributed by atoms with Crippen molar-refractivity contribution in [3.63, 3.8) is 0 Å². The molecule has 8 aromatic rings. The number of nitrogens with one attached hydrogen (secondary N) is 1. The molecule has 11 rings (SSSR count). The summed E-state index contributed by atoms with van der Waals surface area (Å²) in [4.78, 5) is 5.29. The van der Waals surface area contributed by atoms with Gasteiger partial charge in [-0.2, -0.15) is 0 Å². The van der Waals surface area contributed by atoms with Crippen molar-refractivity contribution in [3.05, 3.63) is 108 Å². The topological polar surface area (TPSA) is 41.9 Å². The van der Waals surface area contributed by atoms with Crippen molar-refractivity contribution in [2.75, 3.05) is 5.32 Å². The predicted octanol–water partition coefficient (Wildman–Crippen LogP) is 10.4. The zero-order valence-corrected chi connectivity index (χ0v) is 23.8. The molecule has 202 valence electrons. The van der Waals surface area contributed by atoms with Crippen molar-refractivity contribution in [2.45, 2.75) is 18.9 Å². The molecule has 2 aliphatic carbocycles. The lowest BCUT2D eigenvalue weighted by Gasteiger charge is -2.23. The molecule has 4 nitrogen and oxygen atoms in total. The van der Waals surface area contributed by atoms with Gasteiger partial charge in [-0.25, -0.2) is 4.99 Å². The Morgan fingerprint density at radius 2 is 1.77 bits per heavy atom. The van der Waals surface area contributed by atoms with E-state index in [0.29, 0.717) is 0 Å². The molecular weight excluding hydrogens is 547 g/mol. The Hall–Kier alpha value is -5.13.